The van der Waals surface area contributed by atoms with E-state index in [0.29, 0.717) is 13.2 Å². The molecule has 0 bridgehead atoms. The van der Waals surface area contributed by atoms with E-state index in [1.807, 2.05) is 32.1 Å². The Hall–Kier alpha value is -1.04. The average molecular weight is 351 g/mol. The fourth-order valence-corrected chi connectivity index (χ4v) is 3.77. The number of hydrogen-bond acceptors (Lipinski definition) is 4. The number of benzene rings is 1. The molecule has 1 saturated heterocycles. The van der Waals surface area contributed by atoms with E-state index >= 15 is 0 Å². The van der Waals surface area contributed by atoms with Crippen LogP contribution in [0.3, 0.4) is 0 Å². The minimum absolute atomic E-state index is 0.154. The monoisotopic (exact) mass is 350 g/mol. The third-order valence-electron chi connectivity index (χ3n) is 4.41. The van der Waals surface area contributed by atoms with Crippen molar-refractivity contribution in [3.8, 4) is 0 Å². The van der Waals surface area contributed by atoms with Gasteiger partial charge in [0, 0.05) is 31.7 Å². The summed E-state index contributed by atoms with van der Waals surface area (Å²) in [5.41, 5.74) is 4.63. The van der Waals surface area contributed by atoms with E-state index in [1.165, 1.54) is 16.7 Å². The second kappa shape index (κ2) is 8.88. The Morgan fingerprint density at radius 1 is 1.21 bits per heavy atom. The van der Waals surface area contributed by atoms with Crippen molar-refractivity contribution < 1.29 is 9.47 Å². The first-order chi connectivity index (χ1) is 11.5. The topological polar surface area (TPSA) is 34.1 Å². The maximum atomic E-state index is 6.25. The SMILES string of the molecule is CCOCCOC1(c2cc(C)c(N=CN(C)CC)cc2C)CSC1. The van der Waals surface area contributed by atoms with Crippen LogP contribution >= 0.6 is 11.8 Å². The summed E-state index contributed by atoms with van der Waals surface area (Å²) in [5.74, 6) is 2.03. The molecule has 0 radical (unpaired) electrons. The van der Waals surface area contributed by atoms with Crippen LogP contribution in [0.2, 0.25) is 0 Å². The highest BCUT2D eigenvalue weighted by atomic mass is 32.2. The van der Waals surface area contributed by atoms with Gasteiger partial charge in [-0.05, 0) is 50.5 Å². The van der Waals surface area contributed by atoms with E-state index in [4.69, 9.17) is 9.47 Å². The number of rotatable bonds is 9. The molecule has 1 aliphatic rings. The number of nitrogens with zero attached hydrogens (tertiary/aromatic N) is 2. The third-order valence-corrected chi connectivity index (χ3v) is 5.75. The van der Waals surface area contributed by atoms with Gasteiger partial charge >= 0.3 is 0 Å². The second-order valence-corrected chi connectivity index (χ2v) is 7.29. The highest BCUT2D eigenvalue weighted by Gasteiger charge is 2.42. The summed E-state index contributed by atoms with van der Waals surface area (Å²) in [6.07, 6.45) is 1.90. The largest absolute Gasteiger partial charge is 0.379 e. The van der Waals surface area contributed by atoms with E-state index in [0.717, 1.165) is 30.3 Å². The van der Waals surface area contributed by atoms with Gasteiger partial charge in [-0.2, -0.15) is 11.8 Å². The zero-order chi connectivity index (χ0) is 17.6. The van der Waals surface area contributed by atoms with Gasteiger partial charge in [0.25, 0.3) is 0 Å². The molecule has 24 heavy (non-hydrogen) atoms. The van der Waals surface area contributed by atoms with Gasteiger partial charge in [-0.15, -0.1) is 0 Å². The van der Waals surface area contributed by atoms with Crippen LogP contribution in [-0.4, -0.2) is 56.2 Å². The fourth-order valence-electron chi connectivity index (χ4n) is 2.72. The molecule has 1 aliphatic heterocycles. The normalized spacial score (nSPS) is 16.4. The maximum absolute atomic E-state index is 6.25. The molecule has 1 fully saturated rings. The van der Waals surface area contributed by atoms with Crippen LogP contribution in [0.1, 0.15) is 30.5 Å². The summed E-state index contributed by atoms with van der Waals surface area (Å²) in [5, 5.41) is 0. The lowest BCUT2D eigenvalue weighted by Gasteiger charge is -2.42. The zero-order valence-electron chi connectivity index (χ0n) is 15.6. The minimum atomic E-state index is -0.154. The van der Waals surface area contributed by atoms with Crippen LogP contribution in [-0.2, 0) is 15.1 Å². The molecule has 5 heteroatoms. The van der Waals surface area contributed by atoms with Crippen molar-refractivity contribution in [2.75, 3.05) is 44.9 Å². The summed E-state index contributed by atoms with van der Waals surface area (Å²) in [6, 6.07) is 4.44. The molecule has 0 unspecified atom stereocenters. The molecule has 2 rings (SSSR count). The van der Waals surface area contributed by atoms with Crippen LogP contribution in [0.15, 0.2) is 17.1 Å². The Kier molecular flexibility index (Phi) is 7.14. The summed E-state index contributed by atoms with van der Waals surface area (Å²) >= 11 is 1.94. The first-order valence-electron chi connectivity index (χ1n) is 8.68. The van der Waals surface area contributed by atoms with Gasteiger partial charge in [0.05, 0.1) is 25.2 Å². The molecule has 0 saturated carbocycles. The molecule has 0 atom stereocenters. The van der Waals surface area contributed by atoms with Gasteiger partial charge in [-0.25, -0.2) is 4.99 Å². The van der Waals surface area contributed by atoms with E-state index in [2.05, 4.69) is 42.8 Å². The molecule has 4 nitrogen and oxygen atoms in total. The van der Waals surface area contributed by atoms with Crippen molar-refractivity contribution >= 4 is 23.8 Å². The summed E-state index contributed by atoms with van der Waals surface area (Å²) in [4.78, 5) is 6.70. The molecule has 1 aromatic carbocycles. The number of aryl methyl sites for hydroxylation is 2. The lowest BCUT2D eigenvalue weighted by atomic mass is 9.90. The molecular formula is C19H30N2O2S. The number of thioether (sulfide) groups is 1. The molecular weight excluding hydrogens is 320 g/mol. The van der Waals surface area contributed by atoms with Crippen molar-refractivity contribution in [2.45, 2.75) is 33.3 Å². The van der Waals surface area contributed by atoms with E-state index in [-0.39, 0.29) is 5.60 Å². The highest BCUT2D eigenvalue weighted by Crippen LogP contribution is 2.44. The average Bonchev–Trinajstić information content (AvgIpc) is 2.54. The Morgan fingerprint density at radius 2 is 1.96 bits per heavy atom. The third kappa shape index (κ3) is 4.52. The molecule has 134 valence electrons. The summed E-state index contributed by atoms with van der Waals surface area (Å²) < 4.78 is 11.7. The van der Waals surface area contributed by atoms with Gasteiger partial charge in [-0.3, -0.25) is 0 Å². The first-order valence-corrected chi connectivity index (χ1v) is 9.83. The molecule has 0 amide bonds. The van der Waals surface area contributed by atoms with Crippen LogP contribution in [0, 0.1) is 13.8 Å². The minimum Gasteiger partial charge on any atom is -0.379 e. The molecule has 1 aromatic rings. The van der Waals surface area contributed by atoms with Crippen molar-refractivity contribution in [3.63, 3.8) is 0 Å². The molecule has 0 aliphatic carbocycles. The molecule has 0 spiro atoms. The van der Waals surface area contributed by atoms with Crippen LogP contribution in [0.4, 0.5) is 5.69 Å². The van der Waals surface area contributed by atoms with Gasteiger partial charge in [0.2, 0.25) is 0 Å². The maximum Gasteiger partial charge on any atom is 0.111 e. The van der Waals surface area contributed by atoms with Crippen LogP contribution < -0.4 is 0 Å². The lowest BCUT2D eigenvalue weighted by Crippen LogP contribution is -2.44. The van der Waals surface area contributed by atoms with Crippen LogP contribution in [0.5, 0.6) is 0 Å². The lowest BCUT2D eigenvalue weighted by molar-refractivity contribution is -0.0493. The highest BCUT2D eigenvalue weighted by molar-refractivity contribution is 8.00. The predicted octanol–water partition coefficient (Wildman–Crippen LogP) is 3.91. The van der Waals surface area contributed by atoms with Gasteiger partial charge in [0.1, 0.15) is 5.60 Å². The Morgan fingerprint density at radius 3 is 2.54 bits per heavy atom. The van der Waals surface area contributed by atoms with Gasteiger partial charge < -0.3 is 14.4 Å². The second-order valence-electron chi connectivity index (χ2n) is 6.30. The first kappa shape index (κ1) is 19.3. The summed E-state index contributed by atoms with van der Waals surface area (Å²) in [6.45, 7) is 11.4. The molecule has 1 heterocycles. The number of hydrogen-bond donors (Lipinski definition) is 0. The van der Waals surface area contributed by atoms with Crippen molar-refractivity contribution in [1.29, 1.82) is 0 Å². The molecule has 0 aromatic heterocycles. The predicted molar refractivity (Wildman–Crippen MR) is 104 cm³/mol. The zero-order valence-corrected chi connectivity index (χ0v) is 16.4. The fraction of sp³-hybridized carbons (Fsp3) is 0.632. The van der Waals surface area contributed by atoms with E-state index in [1.54, 1.807) is 0 Å². The van der Waals surface area contributed by atoms with E-state index < -0.39 is 0 Å². The van der Waals surface area contributed by atoms with Crippen molar-refractivity contribution in [1.82, 2.24) is 4.90 Å². The summed E-state index contributed by atoms with van der Waals surface area (Å²) in [7, 11) is 2.03. The quantitative estimate of drug-likeness (QED) is 0.384. The van der Waals surface area contributed by atoms with E-state index in [9.17, 15) is 0 Å². The molecule has 0 N–H and O–H groups in total. The van der Waals surface area contributed by atoms with Crippen molar-refractivity contribution in [2.24, 2.45) is 4.99 Å². The van der Waals surface area contributed by atoms with Gasteiger partial charge in [0.15, 0.2) is 0 Å². The Balaban J connectivity index is 2.17. The van der Waals surface area contributed by atoms with Crippen molar-refractivity contribution in [3.05, 3.63) is 28.8 Å². The number of ether oxygens (including phenoxy) is 2. The Labute approximate surface area is 150 Å². The number of aliphatic imine (C=N–C) groups is 1. The standard InChI is InChI=1S/C19H30N2O2S/c1-6-21(5)14-20-18-11-15(3)17(10-16(18)4)19(12-24-13-19)23-9-8-22-7-2/h10-11,14H,6-9,12-13H2,1-5H3. The smallest absolute Gasteiger partial charge is 0.111 e. The Bertz CT molecular complexity index is 571. The van der Waals surface area contributed by atoms with Crippen LogP contribution in [0.25, 0.3) is 0 Å². The van der Waals surface area contributed by atoms with Gasteiger partial charge in [-0.1, -0.05) is 6.07 Å².